The summed E-state index contributed by atoms with van der Waals surface area (Å²) < 4.78 is 0. The zero-order chi connectivity index (χ0) is 12.0. The Bertz CT molecular complexity index is 287. The largest absolute Gasteiger partial charge is 0.322 e. The van der Waals surface area contributed by atoms with E-state index >= 15 is 0 Å². The molecule has 2 N–H and O–H groups in total. The van der Waals surface area contributed by atoms with Gasteiger partial charge in [-0.05, 0) is 20.3 Å². The molecule has 0 radical (unpaired) electrons. The number of unbranched alkanes of at least 4 members (excludes halogenated alkanes) is 4. The van der Waals surface area contributed by atoms with E-state index in [1.54, 1.807) is 11.3 Å². The molecule has 1 aromatic heterocycles. The fraction of sp³-hybridized carbons (Fsp3) is 0.769. The molecule has 3 heteroatoms. The molecule has 92 valence electrons. The average Bonchev–Trinajstić information content (AvgIpc) is 2.59. The minimum absolute atomic E-state index is 0.152. The van der Waals surface area contributed by atoms with Gasteiger partial charge in [0.2, 0.25) is 0 Å². The number of nitrogens with two attached hydrogens (primary N) is 1. The molecule has 0 aromatic carbocycles. The first-order chi connectivity index (χ1) is 7.65. The van der Waals surface area contributed by atoms with Crippen molar-refractivity contribution in [3.05, 3.63) is 15.6 Å². The van der Waals surface area contributed by atoms with Crippen molar-refractivity contribution in [3.63, 3.8) is 0 Å². The van der Waals surface area contributed by atoms with E-state index < -0.39 is 0 Å². The van der Waals surface area contributed by atoms with Gasteiger partial charge in [-0.25, -0.2) is 4.98 Å². The summed E-state index contributed by atoms with van der Waals surface area (Å²) in [6, 6.07) is 0.152. The van der Waals surface area contributed by atoms with Crippen molar-refractivity contribution in [3.8, 4) is 0 Å². The highest BCUT2D eigenvalue weighted by atomic mass is 32.1. The molecule has 1 atom stereocenters. The second-order valence-electron chi connectivity index (χ2n) is 4.50. The van der Waals surface area contributed by atoms with Crippen molar-refractivity contribution in [1.82, 2.24) is 4.98 Å². The van der Waals surface area contributed by atoms with Crippen LogP contribution in [0, 0.1) is 13.8 Å². The van der Waals surface area contributed by atoms with Gasteiger partial charge < -0.3 is 5.73 Å². The highest BCUT2D eigenvalue weighted by molar-refractivity contribution is 7.11. The number of nitrogens with zero attached hydrogens (tertiary/aromatic N) is 1. The second kappa shape index (κ2) is 7.02. The summed E-state index contributed by atoms with van der Waals surface area (Å²) in [4.78, 5) is 5.82. The molecule has 1 heterocycles. The van der Waals surface area contributed by atoms with E-state index in [0.29, 0.717) is 0 Å². The van der Waals surface area contributed by atoms with Gasteiger partial charge in [-0.2, -0.15) is 0 Å². The van der Waals surface area contributed by atoms with Crippen LogP contribution in [0.3, 0.4) is 0 Å². The van der Waals surface area contributed by atoms with Crippen molar-refractivity contribution in [1.29, 1.82) is 0 Å². The Hall–Kier alpha value is -0.410. The number of thiazole rings is 1. The van der Waals surface area contributed by atoms with Gasteiger partial charge >= 0.3 is 0 Å². The van der Waals surface area contributed by atoms with Crippen LogP contribution in [0.25, 0.3) is 0 Å². The lowest BCUT2D eigenvalue weighted by Gasteiger charge is -2.07. The van der Waals surface area contributed by atoms with Crippen molar-refractivity contribution in [2.24, 2.45) is 5.73 Å². The lowest BCUT2D eigenvalue weighted by molar-refractivity contribution is 0.553. The van der Waals surface area contributed by atoms with Crippen LogP contribution in [-0.2, 0) is 0 Å². The number of rotatable bonds is 7. The van der Waals surface area contributed by atoms with Crippen molar-refractivity contribution < 1.29 is 0 Å². The first-order valence-corrected chi connectivity index (χ1v) is 7.16. The highest BCUT2D eigenvalue weighted by Gasteiger charge is 2.11. The van der Waals surface area contributed by atoms with E-state index in [9.17, 15) is 0 Å². The first kappa shape index (κ1) is 13.7. The third-order valence-corrected chi connectivity index (χ3v) is 4.19. The second-order valence-corrected chi connectivity index (χ2v) is 5.74. The van der Waals surface area contributed by atoms with Gasteiger partial charge in [0, 0.05) is 4.88 Å². The smallest absolute Gasteiger partial charge is 0.110 e. The number of hydrogen-bond acceptors (Lipinski definition) is 3. The van der Waals surface area contributed by atoms with E-state index in [1.165, 1.54) is 37.0 Å². The minimum Gasteiger partial charge on any atom is -0.322 e. The summed E-state index contributed by atoms with van der Waals surface area (Å²) in [5.74, 6) is 0. The molecule has 0 aliphatic heterocycles. The Labute approximate surface area is 103 Å². The number of aromatic nitrogens is 1. The maximum atomic E-state index is 6.14. The SMILES string of the molecule is CCCCCCCC(N)c1nc(C)c(C)s1. The standard InChI is InChI=1S/C13H24N2S/c1-4-5-6-7-8-9-12(14)13-15-10(2)11(3)16-13/h12H,4-9,14H2,1-3H3. The molecular formula is C13H24N2S. The third-order valence-electron chi connectivity index (χ3n) is 2.98. The maximum Gasteiger partial charge on any atom is 0.110 e. The lowest BCUT2D eigenvalue weighted by atomic mass is 10.1. The molecule has 1 aromatic rings. The molecule has 0 fully saturated rings. The van der Waals surface area contributed by atoms with Crippen LogP contribution in [0.2, 0.25) is 0 Å². The van der Waals surface area contributed by atoms with Gasteiger partial charge in [-0.3, -0.25) is 0 Å². The molecule has 2 nitrogen and oxygen atoms in total. The molecule has 0 saturated heterocycles. The van der Waals surface area contributed by atoms with Gasteiger partial charge in [0.1, 0.15) is 5.01 Å². The topological polar surface area (TPSA) is 38.9 Å². The summed E-state index contributed by atoms with van der Waals surface area (Å²) in [7, 11) is 0. The first-order valence-electron chi connectivity index (χ1n) is 6.34. The minimum atomic E-state index is 0.152. The number of aryl methyl sites for hydroxylation is 2. The summed E-state index contributed by atoms with van der Waals surface area (Å²) in [5, 5.41) is 1.12. The van der Waals surface area contributed by atoms with Crippen LogP contribution < -0.4 is 5.73 Å². The molecule has 1 rings (SSSR count). The van der Waals surface area contributed by atoms with Crippen LogP contribution in [-0.4, -0.2) is 4.98 Å². The van der Waals surface area contributed by atoms with E-state index in [4.69, 9.17) is 5.73 Å². The van der Waals surface area contributed by atoms with Gasteiger partial charge in [-0.1, -0.05) is 39.0 Å². The van der Waals surface area contributed by atoms with Gasteiger partial charge in [0.15, 0.2) is 0 Å². The molecule has 0 bridgehead atoms. The molecule has 16 heavy (non-hydrogen) atoms. The fourth-order valence-electron chi connectivity index (χ4n) is 1.75. The Kier molecular flexibility index (Phi) is 5.99. The van der Waals surface area contributed by atoms with Crippen LogP contribution in [0.1, 0.15) is 67.1 Å². The number of hydrogen-bond donors (Lipinski definition) is 1. The fourth-order valence-corrected chi connectivity index (χ4v) is 2.71. The van der Waals surface area contributed by atoms with Crippen LogP contribution in [0.4, 0.5) is 0 Å². The van der Waals surface area contributed by atoms with E-state index in [2.05, 4.69) is 25.8 Å². The van der Waals surface area contributed by atoms with Crippen LogP contribution >= 0.6 is 11.3 Å². The molecule has 1 unspecified atom stereocenters. The van der Waals surface area contributed by atoms with Gasteiger partial charge in [0.25, 0.3) is 0 Å². The Balaban J connectivity index is 2.27. The molecule has 0 spiro atoms. The molecule has 0 aliphatic carbocycles. The Morgan fingerprint density at radius 1 is 1.19 bits per heavy atom. The molecule has 0 amide bonds. The van der Waals surface area contributed by atoms with Crippen molar-refractivity contribution >= 4 is 11.3 Å². The normalized spacial score (nSPS) is 13.0. The summed E-state index contributed by atoms with van der Waals surface area (Å²) >= 11 is 1.75. The quantitative estimate of drug-likeness (QED) is 0.728. The Morgan fingerprint density at radius 2 is 1.88 bits per heavy atom. The van der Waals surface area contributed by atoms with Crippen molar-refractivity contribution in [2.75, 3.05) is 0 Å². The molecule has 0 saturated carbocycles. The van der Waals surface area contributed by atoms with Crippen LogP contribution in [0.15, 0.2) is 0 Å². The molecular weight excluding hydrogens is 216 g/mol. The third kappa shape index (κ3) is 4.22. The van der Waals surface area contributed by atoms with E-state index in [0.717, 1.165) is 17.1 Å². The van der Waals surface area contributed by atoms with Crippen molar-refractivity contribution in [2.45, 2.75) is 65.3 Å². The predicted octanol–water partition coefficient (Wildman–Crippen LogP) is 4.12. The average molecular weight is 240 g/mol. The zero-order valence-electron chi connectivity index (χ0n) is 10.8. The Morgan fingerprint density at radius 3 is 2.44 bits per heavy atom. The van der Waals surface area contributed by atoms with Crippen LogP contribution in [0.5, 0.6) is 0 Å². The zero-order valence-corrected chi connectivity index (χ0v) is 11.6. The van der Waals surface area contributed by atoms with Gasteiger partial charge in [-0.15, -0.1) is 11.3 Å². The van der Waals surface area contributed by atoms with Gasteiger partial charge in [0.05, 0.1) is 11.7 Å². The van der Waals surface area contributed by atoms with E-state index in [-0.39, 0.29) is 6.04 Å². The summed E-state index contributed by atoms with van der Waals surface area (Å²) in [6.07, 6.45) is 7.63. The predicted molar refractivity (Wildman–Crippen MR) is 71.9 cm³/mol. The molecule has 0 aliphatic rings. The maximum absolute atomic E-state index is 6.14. The highest BCUT2D eigenvalue weighted by Crippen LogP contribution is 2.24. The lowest BCUT2D eigenvalue weighted by Crippen LogP contribution is -2.09. The monoisotopic (exact) mass is 240 g/mol. The summed E-state index contributed by atoms with van der Waals surface area (Å²) in [5.41, 5.74) is 7.28. The summed E-state index contributed by atoms with van der Waals surface area (Å²) in [6.45, 7) is 6.42. The van der Waals surface area contributed by atoms with E-state index in [1.807, 2.05) is 0 Å².